The summed E-state index contributed by atoms with van der Waals surface area (Å²) in [6.07, 6.45) is 7.58. The van der Waals surface area contributed by atoms with Crippen LogP contribution < -0.4 is 10.1 Å². The zero-order chi connectivity index (χ0) is 20.2. The average Bonchev–Trinajstić information content (AvgIpc) is 3.17. The molecule has 4 rings (SSSR count). The molecule has 0 amide bonds. The second-order valence-corrected chi connectivity index (χ2v) is 8.59. The first-order valence-electron chi connectivity index (χ1n) is 10.9. The van der Waals surface area contributed by atoms with Gasteiger partial charge < -0.3 is 15.0 Å². The Labute approximate surface area is 174 Å². The largest absolute Gasteiger partial charge is 0.461 e. The van der Waals surface area contributed by atoms with Crippen LogP contribution in [-0.2, 0) is 11.2 Å². The molecule has 4 heteroatoms. The summed E-state index contributed by atoms with van der Waals surface area (Å²) in [5.74, 6) is 1.41. The van der Waals surface area contributed by atoms with E-state index in [1.807, 2.05) is 0 Å². The molecule has 1 aliphatic heterocycles. The second-order valence-electron chi connectivity index (χ2n) is 8.59. The highest BCUT2D eigenvalue weighted by Crippen LogP contribution is 2.39. The van der Waals surface area contributed by atoms with Gasteiger partial charge in [0.15, 0.2) is 6.29 Å². The van der Waals surface area contributed by atoms with E-state index in [-0.39, 0.29) is 0 Å². The SMILES string of the molecule is Cc1ccccc1CCCN(C)C1CCC(c2ccc3c(c2)OC(C=O)N3)CC1. The van der Waals surface area contributed by atoms with Gasteiger partial charge in [0.2, 0.25) is 6.23 Å². The first-order valence-corrected chi connectivity index (χ1v) is 10.9. The lowest BCUT2D eigenvalue weighted by Crippen LogP contribution is -2.35. The average molecular weight is 393 g/mol. The van der Waals surface area contributed by atoms with E-state index in [4.69, 9.17) is 4.74 Å². The molecule has 1 heterocycles. The van der Waals surface area contributed by atoms with Crippen molar-refractivity contribution in [2.45, 2.75) is 63.6 Å². The van der Waals surface area contributed by atoms with E-state index in [0.717, 1.165) is 30.7 Å². The molecule has 1 fully saturated rings. The van der Waals surface area contributed by atoms with Crippen LogP contribution in [0.2, 0.25) is 0 Å². The number of ether oxygens (including phenoxy) is 1. The van der Waals surface area contributed by atoms with Gasteiger partial charge in [0.05, 0.1) is 5.69 Å². The number of hydrogen-bond donors (Lipinski definition) is 1. The van der Waals surface area contributed by atoms with Gasteiger partial charge in [0.1, 0.15) is 5.75 Å². The molecule has 29 heavy (non-hydrogen) atoms. The van der Waals surface area contributed by atoms with E-state index < -0.39 is 6.23 Å². The molecule has 2 aromatic rings. The van der Waals surface area contributed by atoms with Crippen LogP contribution in [0.5, 0.6) is 5.75 Å². The molecule has 0 radical (unpaired) electrons. The molecule has 1 atom stereocenters. The van der Waals surface area contributed by atoms with E-state index >= 15 is 0 Å². The van der Waals surface area contributed by atoms with Crippen LogP contribution in [0.1, 0.15) is 54.7 Å². The standard InChI is InChI=1S/C25H32N2O2/c1-18-6-3-4-7-19(18)8-5-15-27(2)22-12-9-20(10-13-22)21-11-14-23-24(16-21)29-25(17-28)26-23/h3-4,6-7,11,14,16-17,20,22,25-26H,5,8-10,12-13,15H2,1-2H3. The van der Waals surface area contributed by atoms with E-state index in [1.54, 1.807) is 0 Å². The fourth-order valence-corrected chi connectivity index (χ4v) is 4.83. The van der Waals surface area contributed by atoms with Gasteiger partial charge >= 0.3 is 0 Å². The smallest absolute Gasteiger partial charge is 0.226 e. The Balaban J connectivity index is 1.25. The Morgan fingerprint density at radius 3 is 2.69 bits per heavy atom. The Morgan fingerprint density at radius 1 is 1.14 bits per heavy atom. The van der Waals surface area contributed by atoms with Crippen molar-refractivity contribution in [2.75, 3.05) is 18.9 Å². The Hall–Kier alpha value is -2.33. The van der Waals surface area contributed by atoms with Gasteiger partial charge in [0.25, 0.3) is 0 Å². The van der Waals surface area contributed by atoms with E-state index in [9.17, 15) is 4.79 Å². The lowest BCUT2D eigenvalue weighted by Gasteiger charge is -2.35. The first-order chi connectivity index (χ1) is 14.1. The Bertz CT molecular complexity index is 842. The van der Waals surface area contributed by atoms with E-state index in [0.29, 0.717) is 12.0 Å². The molecule has 1 unspecified atom stereocenters. The maximum atomic E-state index is 10.9. The number of nitrogens with zero attached hydrogens (tertiary/aromatic N) is 1. The van der Waals surface area contributed by atoms with Crippen LogP contribution in [0, 0.1) is 6.92 Å². The molecule has 1 N–H and O–H groups in total. The lowest BCUT2D eigenvalue weighted by molar-refractivity contribution is -0.112. The van der Waals surface area contributed by atoms with Crippen molar-refractivity contribution in [1.29, 1.82) is 0 Å². The van der Waals surface area contributed by atoms with Crippen molar-refractivity contribution in [2.24, 2.45) is 0 Å². The maximum absolute atomic E-state index is 10.9. The summed E-state index contributed by atoms with van der Waals surface area (Å²) in [6, 6.07) is 15.8. The van der Waals surface area contributed by atoms with Crippen LogP contribution in [0.25, 0.3) is 0 Å². The van der Waals surface area contributed by atoms with Crippen molar-refractivity contribution >= 4 is 12.0 Å². The van der Waals surface area contributed by atoms with Gasteiger partial charge in [-0.15, -0.1) is 0 Å². The normalized spacial score (nSPS) is 23.3. The van der Waals surface area contributed by atoms with Gasteiger partial charge in [-0.1, -0.05) is 30.3 Å². The predicted molar refractivity (Wildman–Crippen MR) is 118 cm³/mol. The zero-order valence-corrected chi connectivity index (χ0v) is 17.6. The number of aldehydes is 1. The first kappa shape index (κ1) is 20.0. The van der Waals surface area contributed by atoms with E-state index in [1.165, 1.54) is 48.8 Å². The van der Waals surface area contributed by atoms with Gasteiger partial charge in [0, 0.05) is 6.04 Å². The summed E-state index contributed by atoms with van der Waals surface area (Å²) in [7, 11) is 2.29. The molecule has 1 aliphatic carbocycles. The minimum atomic E-state index is -0.538. The monoisotopic (exact) mass is 392 g/mol. The number of fused-ring (bicyclic) bond motifs is 1. The fourth-order valence-electron chi connectivity index (χ4n) is 4.83. The van der Waals surface area contributed by atoms with Gasteiger partial charge in [-0.25, -0.2) is 0 Å². The molecular formula is C25H32N2O2. The molecule has 154 valence electrons. The molecule has 4 nitrogen and oxygen atoms in total. The third-order valence-electron chi connectivity index (χ3n) is 6.69. The molecule has 0 spiro atoms. The molecule has 2 aromatic carbocycles. The number of anilines is 1. The highest BCUT2D eigenvalue weighted by molar-refractivity contribution is 5.71. The summed E-state index contributed by atoms with van der Waals surface area (Å²) in [4.78, 5) is 13.5. The van der Waals surface area contributed by atoms with Crippen LogP contribution in [-0.4, -0.2) is 37.0 Å². The Morgan fingerprint density at radius 2 is 1.93 bits per heavy atom. The van der Waals surface area contributed by atoms with Crippen molar-refractivity contribution in [3.05, 3.63) is 59.2 Å². The third kappa shape index (κ3) is 4.64. The molecular weight excluding hydrogens is 360 g/mol. The van der Waals surface area contributed by atoms with Crippen LogP contribution in [0.4, 0.5) is 5.69 Å². The topological polar surface area (TPSA) is 41.6 Å². The van der Waals surface area contributed by atoms with Gasteiger partial charge in [-0.2, -0.15) is 0 Å². The molecule has 0 bridgehead atoms. The maximum Gasteiger partial charge on any atom is 0.226 e. The van der Waals surface area contributed by atoms with Crippen molar-refractivity contribution in [1.82, 2.24) is 4.90 Å². The predicted octanol–water partition coefficient (Wildman–Crippen LogP) is 4.92. The quantitative estimate of drug-likeness (QED) is 0.680. The van der Waals surface area contributed by atoms with Gasteiger partial charge in [-0.05, 0) is 93.8 Å². The van der Waals surface area contributed by atoms with Crippen LogP contribution >= 0.6 is 0 Å². The van der Waals surface area contributed by atoms with Crippen LogP contribution in [0.3, 0.4) is 0 Å². The minimum absolute atomic E-state index is 0.538. The number of carbonyl (C=O) groups excluding carboxylic acids is 1. The number of benzene rings is 2. The fraction of sp³-hybridized carbons (Fsp3) is 0.480. The lowest BCUT2D eigenvalue weighted by atomic mass is 9.81. The van der Waals surface area contributed by atoms with Crippen molar-refractivity contribution in [3.63, 3.8) is 0 Å². The number of rotatable bonds is 7. The highest BCUT2D eigenvalue weighted by Gasteiger charge is 2.27. The molecule has 1 saturated carbocycles. The number of hydrogen-bond acceptors (Lipinski definition) is 4. The van der Waals surface area contributed by atoms with E-state index in [2.05, 4.69) is 66.7 Å². The number of carbonyl (C=O) groups is 1. The molecule has 0 saturated heterocycles. The zero-order valence-electron chi connectivity index (χ0n) is 17.6. The summed E-state index contributed by atoms with van der Waals surface area (Å²) >= 11 is 0. The third-order valence-corrected chi connectivity index (χ3v) is 6.69. The van der Waals surface area contributed by atoms with Crippen molar-refractivity contribution in [3.8, 4) is 5.75 Å². The summed E-state index contributed by atoms with van der Waals surface area (Å²) < 4.78 is 5.65. The minimum Gasteiger partial charge on any atom is -0.461 e. The Kier molecular flexibility index (Phi) is 6.19. The second kappa shape index (κ2) is 9.00. The summed E-state index contributed by atoms with van der Waals surface area (Å²) in [5, 5.41) is 3.07. The van der Waals surface area contributed by atoms with Crippen LogP contribution in [0.15, 0.2) is 42.5 Å². The van der Waals surface area contributed by atoms with Gasteiger partial charge in [-0.3, -0.25) is 4.79 Å². The summed E-state index contributed by atoms with van der Waals surface area (Å²) in [6.45, 7) is 3.37. The summed E-state index contributed by atoms with van der Waals surface area (Å²) in [5.41, 5.74) is 5.16. The molecule has 2 aliphatic rings. The van der Waals surface area contributed by atoms with Crippen molar-refractivity contribution < 1.29 is 9.53 Å². The molecule has 0 aromatic heterocycles. The number of nitrogens with one attached hydrogen (secondary N) is 1. The number of aryl methyl sites for hydroxylation is 2. The highest BCUT2D eigenvalue weighted by atomic mass is 16.5.